The molecular formula is C21H31IN6O3. The number of benzene rings is 1. The van der Waals surface area contributed by atoms with Gasteiger partial charge in [0.25, 0.3) is 0 Å². The number of hydrogen-bond donors (Lipinski definition) is 2. The van der Waals surface area contributed by atoms with E-state index in [1.54, 1.807) is 7.11 Å². The summed E-state index contributed by atoms with van der Waals surface area (Å²) in [6.45, 7) is 6.85. The van der Waals surface area contributed by atoms with Crippen LogP contribution in [0.2, 0.25) is 0 Å². The Morgan fingerprint density at radius 2 is 2.10 bits per heavy atom. The molecule has 1 atom stereocenters. The molecule has 0 radical (unpaired) electrons. The van der Waals surface area contributed by atoms with E-state index in [2.05, 4.69) is 25.4 Å². The van der Waals surface area contributed by atoms with Gasteiger partial charge >= 0.3 is 5.97 Å². The van der Waals surface area contributed by atoms with Crippen molar-refractivity contribution < 1.29 is 14.3 Å². The number of likely N-dealkylation sites (tertiary alicyclic amines) is 1. The van der Waals surface area contributed by atoms with Gasteiger partial charge in [0.2, 0.25) is 0 Å². The van der Waals surface area contributed by atoms with Crippen LogP contribution < -0.4 is 10.1 Å². The highest BCUT2D eigenvalue weighted by Gasteiger charge is 2.28. The number of nitrogens with zero attached hydrogens (tertiary/aromatic N) is 4. The number of carbonyl (C=O) groups is 1. The average molecular weight is 542 g/mol. The van der Waals surface area contributed by atoms with Crippen molar-refractivity contribution in [1.29, 1.82) is 0 Å². The maximum Gasteiger partial charge on any atom is 0.310 e. The molecule has 170 valence electrons. The quantitative estimate of drug-likeness (QED) is 0.240. The van der Waals surface area contributed by atoms with Crippen LogP contribution in [-0.4, -0.2) is 65.4 Å². The van der Waals surface area contributed by atoms with E-state index in [1.807, 2.05) is 38.1 Å². The van der Waals surface area contributed by atoms with Gasteiger partial charge in [-0.1, -0.05) is 0 Å². The third kappa shape index (κ3) is 6.81. The number of aromatic amines is 1. The molecule has 2 heterocycles. The van der Waals surface area contributed by atoms with Gasteiger partial charge < -0.3 is 19.7 Å². The smallest absolute Gasteiger partial charge is 0.310 e. The number of nitrogens with one attached hydrogen (secondary N) is 2. The first-order valence-electron chi connectivity index (χ1n) is 10.4. The Labute approximate surface area is 200 Å². The second-order valence-electron chi connectivity index (χ2n) is 7.04. The van der Waals surface area contributed by atoms with Crippen LogP contribution in [0.3, 0.4) is 0 Å². The molecular weight excluding hydrogens is 511 g/mol. The zero-order chi connectivity index (χ0) is 21.3. The number of methoxy groups -OCH3 is 1. The van der Waals surface area contributed by atoms with Gasteiger partial charge in [0.1, 0.15) is 18.1 Å². The molecule has 0 amide bonds. The summed E-state index contributed by atoms with van der Waals surface area (Å²) in [6, 6.07) is 7.59. The summed E-state index contributed by atoms with van der Waals surface area (Å²) in [7, 11) is 1.64. The van der Waals surface area contributed by atoms with Crippen LogP contribution in [0.1, 0.15) is 32.5 Å². The summed E-state index contributed by atoms with van der Waals surface area (Å²) >= 11 is 0. The van der Waals surface area contributed by atoms with Crippen LogP contribution in [0, 0.1) is 5.92 Å². The predicted octanol–water partition coefficient (Wildman–Crippen LogP) is 2.84. The number of rotatable bonds is 7. The largest absolute Gasteiger partial charge is 0.497 e. The third-order valence-corrected chi connectivity index (χ3v) is 4.93. The minimum absolute atomic E-state index is 0. The third-order valence-electron chi connectivity index (χ3n) is 4.93. The molecule has 0 saturated carbocycles. The maximum absolute atomic E-state index is 12.1. The lowest BCUT2D eigenvalue weighted by molar-refractivity contribution is -0.149. The number of ether oxygens (including phenoxy) is 2. The number of esters is 1. The minimum Gasteiger partial charge on any atom is -0.497 e. The number of guanidine groups is 1. The van der Waals surface area contributed by atoms with Crippen molar-refractivity contribution in [2.75, 3.05) is 33.4 Å². The van der Waals surface area contributed by atoms with E-state index < -0.39 is 0 Å². The fourth-order valence-corrected chi connectivity index (χ4v) is 3.43. The van der Waals surface area contributed by atoms with Gasteiger partial charge in [-0.2, -0.15) is 5.10 Å². The molecule has 1 aromatic carbocycles. The van der Waals surface area contributed by atoms with Gasteiger partial charge in [-0.05, 0) is 51.0 Å². The number of piperidine rings is 1. The summed E-state index contributed by atoms with van der Waals surface area (Å²) in [5, 5.41) is 10.6. The van der Waals surface area contributed by atoms with Crippen LogP contribution in [0.4, 0.5) is 0 Å². The highest BCUT2D eigenvalue weighted by molar-refractivity contribution is 14.0. The van der Waals surface area contributed by atoms with Crippen molar-refractivity contribution in [1.82, 2.24) is 25.4 Å². The van der Waals surface area contributed by atoms with Crippen LogP contribution >= 0.6 is 24.0 Å². The summed E-state index contributed by atoms with van der Waals surface area (Å²) in [6.07, 6.45) is 1.78. The molecule has 0 aliphatic carbocycles. The monoisotopic (exact) mass is 542 g/mol. The summed E-state index contributed by atoms with van der Waals surface area (Å²) < 4.78 is 10.4. The normalized spacial score (nSPS) is 16.4. The Balaban J connectivity index is 0.00000341. The van der Waals surface area contributed by atoms with Crippen molar-refractivity contribution in [3.8, 4) is 17.1 Å². The molecule has 2 aromatic rings. The SMILES string of the molecule is CCNC(=NCc1nc(-c2ccc(OC)cc2)n[nH]1)N1CCCC(C(=O)OCC)C1.I. The molecule has 1 saturated heterocycles. The molecule has 31 heavy (non-hydrogen) atoms. The number of halogens is 1. The zero-order valence-corrected chi connectivity index (χ0v) is 20.6. The molecule has 9 nitrogen and oxygen atoms in total. The highest BCUT2D eigenvalue weighted by atomic mass is 127. The second-order valence-corrected chi connectivity index (χ2v) is 7.04. The van der Waals surface area contributed by atoms with Gasteiger partial charge in [0.05, 0.1) is 19.6 Å². The van der Waals surface area contributed by atoms with Crippen molar-refractivity contribution in [3.63, 3.8) is 0 Å². The number of hydrogen-bond acceptors (Lipinski definition) is 6. The molecule has 1 fully saturated rings. The fourth-order valence-electron chi connectivity index (χ4n) is 3.43. The topological polar surface area (TPSA) is 105 Å². The van der Waals surface area contributed by atoms with Crippen molar-refractivity contribution in [3.05, 3.63) is 30.1 Å². The van der Waals surface area contributed by atoms with E-state index in [-0.39, 0.29) is 35.9 Å². The molecule has 3 rings (SSSR count). The van der Waals surface area contributed by atoms with E-state index in [0.29, 0.717) is 31.3 Å². The van der Waals surface area contributed by atoms with E-state index in [0.717, 1.165) is 43.2 Å². The molecule has 2 N–H and O–H groups in total. The zero-order valence-electron chi connectivity index (χ0n) is 18.3. The van der Waals surface area contributed by atoms with E-state index in [9.17, 15) is 4.79 Å². The Morgan fingerprint density at radius 1 is 1.32 bits per heavy atom. The van der Waals surface area contributed by atoms with Gasteiger partial charge in [0.15, 0.2) is 11.8 Å². The summed E-state index contributed by atoms with van der Waals surface area (Å²) in [5.74, 6) is 2.61. The van der Waals surface area contributed by atoms with E-state index >= 15 is 0 Å². The molecule has 0 bridgehead atoms. The summed E-state index contributed by atoms with van der Waals surface area (Å²) in [5.41, 5.74) is 0.905. The van der Waals surface area contributed by atoms with Crippen LogP contribution in [0.5, 0.6) is 5.75 Å². The van der Waals surface area contributed by atoms with Crippen LogP contribution in [0.15, 0.2) is 29.3 Å². The lowest BCUT2D eigenvalue weighted by Crippen LogP contribution is -2.48. The average Bonchev–Trinajstić information content (AvgIpc) is 3.26. The standard InChI is InChI=1S/C21H30N6O3.HI/c1-4-22-21(27-12-6-7-16(14-27)20(28)30-5-2)23-13-18-24-19(26-25-18)15-8-10-17(29-3)11-9-15;/h8-11,16H,4-7,12-14H2,1-3H3,(H,22,23)(H,24,25,26);1H. The number of carbonyl (C=O) groups excluding carboxylic acids is 1. The van der Waals surface area contributed by atoms with Gasteiger partial charge in [0, 0.05) is 25.2 Å². The number of H-pyrrole nitrogens is 1. The number of aliphatic imine (C=N–C) groups is 1. The Morgan fingerprint density at radius 3 is 2.77 bits per heavy atom. The van der Waals surface area contributed by atoms with Gasteiger partial charge in [-0.3, -0.25) is 9.89 Å². The van der Waals surface area contributed by atoms with Crippen molar-refractivity contribution in [2.24, 2.45) is 10.9 Å². The fraction of sp³-hybridized carbons (Fsp3) is 0.524. The lowest BCUT2D eigenvalue weighted by Gasteiger charge is -2.33. The molecule has 1 aliphatic heterocycles. The Bertz CT molecular complexity index is 855. The summed E-state index contributed by atoms with van der Waals surface area (Å²) in [4.78, 5) is 23.5. The van der Waals surface area contributed by atoms with Crippen molar-refractivity contribution in [2.45, 2.75) is 33.2 Å². The van der Waals surface area contributed by atoms with Gasteiger partial charge in [-0.15, -0.1) is 24.0 Å². The minimum atomic E-state index is -0.127. The molecule has 10 heteroatoms. The molecule has 1 aromatic heterocycles. The Hall–Kier alpha value is -2.37. The van der Waals surface area contributed by atoms with Gasteiger partial charge in [-0.25, -0.2) is 9.98 Å². The Kier molecular flexibility index (Phi) is 10.0. The first kappa shape index (κ1) is 24.9. The second kappa shape index (κ2) is 12.5. The van der Waals surface area contributed by atoms with Crippen LogP contribution in [-0.2, 0) is 16.1 Å². The van der Waals surface area contributed by atoms with Crippen LogP contribution in [0.25, 0.3) is 11.4 Å². The lowest BCUT2D eigenvalue weighted by atomic mass is 9.98. The maximum atomic E-state index is 12.1. The molecule has 1 aliphatic rings. The predicted molar refractivity (Wildman–Crippen MR) is 130 cm³/mol. The first-order valence-corrected chi connectivity index (χ1v) is 10.4. The molecule has 0 spiro atoms. The molecule has 1 unspecified atom stereocenters. The van der Waals surface area contributed by atoms with Crippen molar-refractivity contribution >= 4 is 35.9 Å². The van der Waals surface area contributed by atoms with E-state index in [4.69, 9.17) is 14.5 Å². The van der Waals surface area contributed by atoms with E-state index in [1.165, 1.54) is 0 Å². The first-order chi connectivity index (χ1) is 14.6. The number of aromatic nitrogens is 3. The highest BCUT2D eigenvalue weighted by Crippen LogP contribution is 2.20.